The summed E-state index contributed by atoms with van der Waals surface area (Å²) in [7, 11) is -4.43. The molecule has 46 heavy (non-hydrogen) atoms. The molecule has 238 valence electrons. The number of benzene rings is 4. The van der Waals surface area contributed by atoms with Gasteiger partial charge in [0, 0.05) is 19.0 Å². The van der Waals surface area contributed by atoms with Crippen LogP contribution in [0.1, 0.15) is 35.4 Å². The predicted molar refractivity (Wildman–Crippen MR) is 161 cm³/mol. The van der Waals surface area contributed by atoms with Gasteiger partial charge in [-0.1, -0.05) is 48.5 Å². The van der Waals surface area contributed by atoms with Crippen LogP contribution >= 0.6 is 0 Å². The molecule has 8 nitrogen and oxygen atoms in total. The van der Waals surface area contributed by atoms with Crippen molar-refractivity contribution < 1.29 is 45.8 Å². The van der Waals surface area contributed by atoms with Crippen LogP contribution in [0.3, 0.4) is 0 Å². The molecule has 1 heterocycles. The Labute approximate surface area is 262 Å². The first-order chi connectivity index (χ1) is 21.9. The Morgan fingerprint density at radius 2 is 1.30 bits per heavy atom. The average molecular weight is 652 g/mol. The van der Waals surface area contributed by atoms with E-state index in [9.17, 15) is 36.3 Å². The number of alkyl halides is 3. The van der Waals surface area contributed by atoms with Crippen molar-refractivity contribution in [3.63, 3.8) is 0 Å². The molecule has 1 aliphatic heterocycles. The Kier molecular flexibility index (Phi) is 8.01. The highest BCUT2D eigenvalue weighted by Crippen LogP contribution is 2.45. The molecule has 1 N–H and O–H groups in total. The van der Waals surface area contributed by atoms with Crippen molar-refractivity contribution in [2.24, 2.45) is 0 Å². The van der Waals surface area contributed by atoms with Gasteiger partial charge < -0.3 is 19.5 Å². The van der Waals surface area contributed by atoms with Gasteiger partial charge in [0.1, 0.15) is 18.1 Å². The molecule has 0 bridgehead atoms. The van der Waals surface area contributed by atoms with Gasteiger partial charge in [0.25, 0.3) is 0 Å². The highest BCUT2D eigenvalue weighted by Gasteiger charge is 2.54. The number of hydrogen-bond acceptors (Lipinski definition) is 6. The number of carboxylic acids is 1. The van der Waals surface area contributed by atoms with E-state index in [1.807, 2.05) is 48.5 Å². The second-order valence-electron chi connectivity index (χ2n) is 11.2. The van der Waals surface area contributed by atoms with Gasteiger partial charge in [0.15, 0.2) is 14.6 Å². The predicted octanol–water partition coefficient (Wildman–Crippen LogP) is 7.14. The molecule has 0 atom stereocenters. The smallest absolute Gasteiger partial charge is 0.416 e. The number of carboxylic acid groups (broad SMARTS) is 1. The number of halogens is 3. The van der Waals surface area contributed by atoms with Gasteiger partial charge in [0.2, 0.25) is 0 Å². The number of carbonyl (C=O) groups is 2. The highest BCUT2D eigenvalue weighted by atomic mass is 32.2. The van der Waals surface area contributed by atoms with E-state index in [-0.39, 0.29) is 54.9 Å². The van der Waals surface area contributed by atoms with Crippen LogP contribution in [0.2, 0.25) is 0 Å². The minimum atomic E-state index is -4.50. The van der Waals surface area contributed by atoms with Crippen LogP contribution in [-0.2, 0) is 25.5 Å². The van der Waals surface area contributed by atoms with E-state index in [1.54, 1.807) is 0 Å². The van der Waals surface area contributed by atoms with Gasteiger partial charge in [-0.05, 0) is 83.6 Å². The Hall–Kier alpha value is -4.84. The van der Waals surface area contributed by atoms with Gasteiger partial charge in [-0.25, -0.2) is 13.2 Å². The van der Waals surface area contributed by atoms with Crippen molar-refractivity contribution in [1.82, 2.24) is 4.90 Å². The zero-order valence-electron chi connectivity index (χ0n) is 24.2. The molecule has 4 aromatic rings. The molecular formula is C34H28F3NO7S. The largest absolute Gasteiger partial charge is 0.480 e. The maximum atomic E-state index is 13.7. The normalized spacial score (nSPS) is 15.9. The standard InChI is InChI=1S/C34H28F3NO7S/c35-34(36,37)22-9-11-23(12-10-22)45-24-13-15-25(16-14-24)46(42,43)33(31(39)40)17-19-38(20-18-33)32(41)44-21-30-28-7-3-1-5-26(28)27-6-2-4-8-29(27)30/h1-16,30H,17-21H2,(H,39,40). The summed E-state index contributed by atoms with van der Waals surface area (Å²) in [4.78, 5) is 26.6. The van der Waals surface area contributed by atoms with Crippen LogP contribution in [0.5, 0.6) is 11.5 Å². The zero-order valence-corrected chi connectivity index (χ0v) is 25.1. The third-order valence-corrected chi connectivity index (χ3v) is 11.1. The lowest BCUT2D eigenvalue weighted by atomic mass is 9.96. The van der Waals surface area contributed by atoms with Crippen molar-refractivity contribution >= 4 is 21.9 Å². The van der Waals surface area contributed by atoms with Crippen LogP contribution < -0.4 is 4.74 Å². The molecule has 0 unspecified atom stereocenters. The molecule has 1 aliphatic carbocycles. The minimum Gasteiger partial charge on any atom is -0.480 e. The van der Waals surface area contributed by atoms with Gasteiger partial charge in [-0.15, -0.1) is 0 Å². The lowest BCUT2D eigenvalue weighted by Crippen LogP contribution is -2.55. The number of carbonyl (C=O) groups excluding carboxylic acids is 1. The second kappa shape index (κ2) is 11.8. The number of hydrogen-bond donors (Lipinski definition) is 1. The Morgan fingerprint density at radius 1 is 0.804 bits per heavy atom. The molecule has 1 fully saturated rings. The molecule has 0 spiro atoms. The molecule has 1 amide bonds. The molecule has 0 saturated carbocycles. The van der Waals surface area contributed by atoms with Gasteiger partial charge in [-0.2, -0.15) is 13.2 Å². The van der Waals surface area contributed by atoms with Gasteiger partial charge >= 0.3 is 18.2 Å². The number of sulfone groups is 1. The highest BCUT2D eigenvalue weighted by molar-refractivity contribution is 7.93. The number of likely N-dealkylation sites (tertiary alicyclic amines) is 1. The molecule has 2 aliphatic rings. The number of aliphatic carboxylic acids is 1. The molecular weight excluding hydrogens is 623 g/mol. The first-order valence-corrected chi connectivity index (χ1v) is 15.9. The number of ether oxygens (including phenoxy) is 2. The van der Waals surface area contributed by atoms with E-state index >= 15 is 0 Å². The minimum absolute atomic E-state index is 0.0760. The van der Waals surface area contributed by atoms with Gasteiger partial charge in [0.05, 0.1) is 10.5 Å². The summed E-state index contributed by atoms with van der Waals surface area (Å²) in [6.45, 7) is -0.207. The average Bonchev–Trinajstić information content (AvgIpc) is 3.37. The van der Waals surface area contributed by atoms with E-state index in [0.29, 0.717) is 0 Å². The van der Waals surface area contributed by atoms with Crippen molar-refractivity contribution in [1.29, 1.82) is 0 Å². The molecule has 1 saturated heterocycles. The lowest BCUT2D eigenvalue weighted by Gasteiger charge is -2.37. The molecule has 12 heteroatoms. The van der Waals surface area contributed by atoms with Crippen LogP contribution in [0.4, 0.5) is 18.0 Å². The monoisotopic (exact) mass is 651 g/mol. The van der Waals surface area contributed by atoms with E-state index in [1.165, 1.54) is 29.2 Å². The van der Waals surface area contributed by atoms with Crippen molar-refractivity contribution in [2.45, 2.75) is 34.6 Å². The zero-order chi connectivity index (χ0) is 32.7. The first kappa shape index (κ1) is 31.2. The second-order valence-corrected chi connectivity index (χ2v) is 13.4. The van der Waals surface area contributed by atoms with Crippen molar-refractivity contribution in [3.8, 4) is 22.6 Å². The number of amides is 1. The van der Waals surface area contributed by atoms with Crippen LogP contribution in [0.25, 0.3) is 11.1 Å². The third-order valence-electron chi connectivity index (χ3n) is 8.62. The summed E-state index contributed by atoms with van der Waals surface area (Å²) in [6, 6.07) is 24.8. The summed E-state index contributed by atoms with van der Waals surface area (Å²) < 4.78 is 74.9. The number of fused-ring (bicyclic) bond motifs is 3. The SMILES string of the molecule is O=C(OCC1c2ccccc2-c2ccccc21)N1CCC(C(=O)O)(S(=O)(=O)c2ccc(Oc3ccc(C(F)(F)F)cc3)cc2)CC1. The fourth-order valence-electron chi connectivity index (χ4n) is 6.09. The Balaban J connectivity index is 1.11. The van der Waals surface area contributed by atoms with Crippen LogP contribution in [-0.4, -0.2) is 54.9 Å². The van der Waals surface area contributed by atoms with Crippen LogP contribution in [0, 0.1) is 0 Å². The Bertz CT molecular complexity index is 1840. The van der Waals surface area contributed by atoms with Crippen molar-refractivity contribution in [3.05, 3.63) is 114 Å². The fourth-order valence-corrected chi connectivity index (χ4v) is 7.99. The van der Waals surface area contributed by atoms with E-state index in [2.05, 4.69) is 0 Å². The summed E-state index contributed by atoms with van der Waals surface area (Å²) in [5, 5.41) is 10.2. The number of rotatable bonds is 7. The maximum absolute atomic E-state index is 13.7. The fraction of sp³-hybridized carbons (Fsp3) is 0.235. The number of nitrogens with zero attached hydrogens (tertiary/aromatic N) is 1. The topological polar surface area (TPSA) is 110 Å². The molecule has 0 aromatic heterocycles. The van der Waals surface area contributed by atoms with Crippen LogP contribution in [0.15, 0.2) is 102 Å². The van der Waals surface area contributed by atoms with E-state index < -0.39 is 38.4 Å². The molecule has 0 radical (unpaired) electrons. The summed E-state index contributed by atoms with van der Waals surface area (Å²) >= 11 is 0. The van der Waals surface area contributed by atoms with Crippen molar-refractivity contribution in [2.75, 3.05) is 19.7 Å². The first-order valence-electron chi connectivity index (χ1n) is 14.4. The van der Waals surface area contributed by atoms with E-state index in [0.717, 1.165) is 46.5 Å². The number of piperidine rings is 1. The quantitative estimate of drug-likeness (QED) is 0.226. The summed E-state index contributed by atoms with van der Waals surface area (Å²) in [5.41, 5.74) is 3.40. The summed E-state index contributed by atoms with van der Waals surface area (Å²) in [5.74, 6) is -1.44. The lowest BCUT2D eigenvalue weighted by molar-refractivity contribution is -0.141. The van der Waals surface area contributed by atoms with E-state index in [4.69, 9.17) is 9.47 Å². The maximum Gasteiger partial charge on any atom is 0.416 e. The molecule has 6 rings (SSSR count). The Morgan fingerprint density at radius 3 is 1.80 bits per heavy atom. The summed E-state index contributed by atoms with van der Waals surface area (Å²) in [6.07, 6.45) is -5.85. The third kappa shape index (κ3) is 5.57. The van der Waals surface area contributed by atoms with Gasteiger partial charge in [-0.3, -0.25) is 4.79 Å². The molecule has 4 aromatic carbocycles.